The molecule has 0 radical (unpaired) electrons. The number of likely N-dealkylation sites (tertiary alicyclic amines) is 1. The van der Waals surface area contributed by atoms with Crippen LogP contribution < -0.4 is 10.5 Å². The molecule has 1 heterocycles. The average molecular weight is 315 g/mol. The first-order chi connectivity index (χ1) is 10.3. The first-order valence-electron chi connectivity index (χ1n) is 6.97. The van der Waals surface area contributed by atoms with Gasteiger partial charge in [-0.25, -0.2) is 0 Å². The number of nitrogens with zero attached hydrogens (tertiary/aromatic N) is 2. The van der Waals surface area contributed by atoms with E-state index in [1.54, 1.807) is 0 Å². The summed E-state index contributed by atoms with van der Waals surface area (Å²) >= 11 is 0. The van der Waals surface area contributed by atoms with Crippen LogP contribution in [0.15, 0.2) is 18.2 Å². The van der Waals surface area contributed by atoms with Gasteiger partial charge in [0.05, 0.1) is 4.92 Å². The van der Waals surface area contributed by atoms with Gasteiger partial charge in [-0.15, -0.1) is 0 Å². The van der Waals surface area contributed by atoms with Crippen molar-refractivity contribution < 1.29 is 18.4 Å². The van der Waals surface area contributed by atoms with Gasteiger partial charge in [0, 0.05) is 30.8 Å². The molecule has 1 aliphatic rings. The monoisotopic (exact) mass is 315 g/mol. The van der Waals surface area contributed by atoms with Gasteiger partial charge in [0.15, 0.2) is 0 Å². The van der Waals surface area contributed by atoms with E-state index in [9.17, 15) is 18.9 Å². The molecule has 1 aromatic rings. The second kappa shape index (κ2) is 6.53. The van der Waals surface area contributed by atoms with Gasteiger partial charge >= 0.3 is 6.61 Å². The Bertz CT molecular complexity index is 556. The first-order valence-corrected chi connectivity index (χ1v) is 6.97. The average Bonchev–Trinajstić information content (AvgIpc) is 2.82. The van der Waals surface area contributed by atoms with Crippen LogP contribution in [0.4, 0.5) is 14.5 Å². The molecular formula is C14H19F2N3O3. The van der Waals surface area contributed by atoms with Crippen LogP contribution in [0.25, 0.3) is 0 Å². The molecule has 0 spiro atoms. The van der Waals surface area contributed by atoms with E-state index in [2.05, 4.69) is 11.7 Å². The van der Waals surface area contributed by atoms with Crippen LogP contribution in [0.2, 0.25) is 0 Å². The Balaban J connectivity index is 2.20. The topological polar surface area (TPSA) is 81.6 Å². The zero-order chi connectivity index (χ0) is 16.3. The SMILES string of the molecule is CC1(CN)CCN(Cc2cc([N+](=O)[O-])ccc2OC(F)F)C1. The van der Waals surface area contributed by atoms with Gasteiger partial charge in [-0.1, -0.05) is 6.92 Å². The number of hydrogen-bond donors (Lipinski definition) is 1. The van der Waals surface area contributed by atoms with Crippen molar-refractivity contribution in [2.24, 2.45) is 11.1 Å². The molecule has 2 rings (SSSR count). The van der Waals surface area contributed by atoms with Gasteiger partial charge in [-0.2, -0.15) is 8.78 Å². The largest absolute Gasteiger partial charge is 0.434 e. The summed E-state index contributed by atoms with van der Waals surface area (Å²) in [5.74, 6) is -0.0260. The molecule has 1 saturated heterocycles. The highest BCUT2D eigenvalue weighted by molar-refractivity contribution is 5.43. The Morgan fingerprint density at radius 2 is 2.27 bits per heavy atom. The Morgan fingerprint density at radius 3 is 2.82 bits per heavy atom. The number of alkyl halides is 2. The lowest BCUT2D eigenvalue weighted by Crippen LogP contribution is -2.31. The second-order valence-electron chi connectivity index (χ2n) is 5.90. The number of nitro groups is 1. The Labute approximate surface area is 127 Å². The summed E-state index contributed by atoms with van der Waals surface area (Å²) in [6, 6.07) is 3.67. The number of rotatable bonds is 6. The maximum absolute atomic E-state index is 12.5. The van der Waals surface area contributed by atoms with Crippen LogP contribution in [0.5, 0.6) is 5.75 Å². The van der Waals surface area contributed by atoms with Crippen molar-refractivity contribution in [3.63, 3.8) is 0 Å². The van der Waals surface area contributed by atoms with Gasteiger partial charge in [-0.3, -0.25) is 15.0 Å². The summed E-state index contributed by atoms with van der Waals surface area (Å²) in [5.41, 5.74) is 5.98. The summed E-state index contributed by atoms with van der Waals surface area (Å²) in [7, 11) is 0. The van der Waals surface area contributed by atoms with E-state index in [1.165, 1.54) is 12.1 Å². The number of non-ortho nitro benzene ring substituents is 1. The second-order valence-corrected chi connectivity index (χ2v) is 5.90. The summed E-state index contributed by atoms with van der Waals surface area (Å²) in [4.78, 5) is 12.4. The van der Waals surface area contributed by atoms with E-state index in [0.717, 1.165) is 25.6 Å². The molecule has 0 amide bonds. The Kier molecular flexibility index (Phi) is 4.92. The van der Waals surface area contributed by atoms with Crippen LogP contribution in [0.3, 0.4) is 0 Å². The molecular weight excluding hydrogens is 296 g/mol. The highest BCUT2D eigenvalue weighted by atomic mass is 19.3. The number of hydrogen-bond acceptors (Lipinski definition) is 5. The van der Waals surface area contributed by atoms with Crippen LogP contribution in [-0.2, 0) is 6.54 Å². The zero-order valence-electron chi connectivity index (χ0n) is 12.3. The van der Waals surface area contributed by atoms with E-state index in [1.807, 2.05) is 4.90 Å². The molecule has 1 unspecified atom stereocenters. The summed E-state index contributed by atoms with van der Waals surface area (Å²) in [6.45, 7) is 1.45. The number of ether oxygens (including phenoxy) is 1. The molecule has 0 aromatic heterocycles. The van der Waals surface area contributed by atoms with Gasteiger partial charge in [0.1, 0.15) is 5.75 Å². The van der Waals surface area contributed by atoms with Crippen LogP contribution in [0, 0.1) is 15.5 Å². The maximum atomic E-state index is 12.5. The van der Waals surface area contributed by atoms with Crippen molar-refractivity contribution in [3.8, 4) is 5.75 Å². The molecule has 2 N–H and O–H groups in total. The zero-order valence-corrected chi connectivity index (χ0v) is 12.3. The minimum atomic E-state index is -2.96. The Hall–Kier alpha value is -1.80. The summed E-state index contributed by atoms with van der Waals surface area (Å²) in [6.07, 6.45) is 0.906. The van der Waals surface area contributed by atoms with E-state index >= 15 is 0 Å². The number of nitro benzene ring substituents is 1. The first kappa shape index (κ1) is 16.6. The number of benzene rings is 1. The van der Waals surface area contributed by atoms with E-state index in [-0.39, 0.29) is 16.9 Å². The van der Waals surface area contributed by atoms with Crippen LogP contribution >= 0.6 is 0 Å². The number of halogens is 2. The quantitative estimate of drug-likeness (QED) is 0.644. The molecule has 1 fully saturated rings. The maximum Gasteiger partial charge on any atom is 0.387 e. The number of nitrogens with two attached hydrogens (primary N) is 1. The lowest BCUT2D eigenvalue weighted by atomic mass is 9.90. The molecule has 8 heteroatoms. The van der Waals surface area contributed by atoms with Crippen molar-refractivity contribution in [1.29, 1.82) is 0 Å². The molecule has 122 valence electrons. The Morgan fingerprint density at radius 1 is 1.55 bits per heavy atom. The summed E-state index contributed by atoms with van der Waals surface area (Å²) < 4.78 is 29.4. The van der Waals surface area contributed by atoms with Gasteiger partial charge in [0.2, 0.25) is 0 Å². The van der Waals surface area contributed by atoms with Crippen molar-refractivity contribution in [2.45, 2.75) is 26.5 Å². The van der Waals surface area contributed by atoms with Crippen molar-refractivity contribution in [1.82, 2.24) is 4.90 Å². The molecule has 0 saturated carbocycles. The van der Waals surface area contributed by atoms with Crippen molar-refractivity contribution >= 4 is 5.69 Å². The van der Waals surface area contributed by atoms with Gasteiger partial charge < -0.3 is 10.5 Å². The van der Waals surface area contributed by atoms with E-state index in [0.29, 0.717) is 18.7 Å². The fraction of sp³-hybridized carbons (Fsp3) is 0.571. The van der Waals surface area contributed by atoms with Crippen LogP contribution in [0.1, 0.15) is 18.9 Å². The van der Waals surface area contributed by atoms with Gasteiger partial charge in [-0.05, 0) is 31.0 Å². The van der Waals surface area contributed by atoms with Crippen LogP contribution in [-0.4, -0.2) is 36.1 Å². The minimum Gasteiger partial charge on any atom is -0.434 e. The predicted molar refractivity (Wildman–Crippen MR) is 76.8 cm³/mol. The standard InChI is InChI=1S/C14H19F2N3O3/c1-14(8-17)4-5-18(9-14)7-10-6-11(19(20)21)2-3-12(10)22-13(15)16/h2-3,6,13H,4-5,7-9,17H2,1H3. The van der Waals surface area contributed by atoms with Crippen molar-refractivity contribution in [2.75, 3.05) is 19.6 Å². The molecule has 6 nitrogen and oxygen atoms in total. The lowest BCUT2D eigenvalue weighted by molar-refractivity contribution is -0.385. The highest BCUT2D eigenvalue weighted by Gasteiger charge is 2.33. The third-order valence-electron chi connectivity index (χ3n) is 3.99. The molecule has 0 bridgehead atoms. The van der Waals surface area contributed by atoms with E-state index < -0.39 is 11.5 Å². The van der Waals surface area contributed by atoms with E-state index in [4.69, 9.17) is 5.73 Å². The molecule has 22 heavy (non-hydrogen) atoms. The fourth-order valence-corrected chi connectivity index (χ4v) is 2.68. The van der Waals surface area contributed by atoms with Gasteiger partial charge in [0.25, 0.3) is 5.69 Å². The fourth-order valence-electron chi connectivity index (χ4n) is 2.68. The molecule has 0 aliphatic carbocycles. The molecule has 1 atom stereocenters. The minimum absolute atomic E-state index is 0.00948. The van der Waals surface area contributed by atoms with Crippen molar-refractivity contribution in [3.05, 3.63) is 33.9 Å². The lowest BCUT2D eigenvalue weighted by Gasteiger charge is -2.23. The normalized spacial score (nSPS) is 22.2. The predicted octanol–water partition coefficient (Wildman–Crippen LogP) is 2.37. The third kappa shape index (κ3) is 3.89. The molecule has 1 aromatic carbocycles. The summed E-state index contributed by atoms with van der Waals surface area (Å²) in [5, 5.41) is 10.9. The smallest absolute Gasteiger partial charge is 0.387 e. The highest BCUT2D eigenvalue weighted by Crippen LogP contribution is 2.32. The third-order valence-corrected chi connectivity index (χ3v) is 3.99. The molecule has 1 aliphatic heterocycles.